The molecule has 1 aromatic rings. The minimum atomic E-state index is -3.51. The number of aliphatic carboxylic acids is 1. The normalized spacial score (nSPS) is 17.1. The molecule has 2 N–H and O–H groups in total. The Labute approximate surface area is 128 Å². The van der Waals surface area contributed by atoms with Crippen molar-refractivity contribution in [3.8, 4) is 0 Å². The molecule has 0 amide bonds. The molecule has 0 spiro atoms. The van der Waals surface area contributed by atoms with Crippen LogP contribution in [0.5, 0.6) is 0 Å². The van der Waals surface area contributed by atoms with Crippen LogP contribution in [-0.2, 0) is 14.8 Å². The Morgan fingerprint density at radius 2 is 1.86 bits per heavy atom. The first-order chi connectivity index (χ1) is 9.97. The third-order valence-electron chi connectivity index (χ3n) is 3.15. The molecule has 0 saturated carbocycles. The first kappa shape index (κ1) is 16.1. The maximum atomic E-state index is 12.2. The van der Waals surface area contributed by atoms with Gasteiger partial charge in [-0.1, -0.05) is 12.1 Å². The summed E-state index contributed by atoms with van der Waals surface area (Å²) in [6, 6.07) is 6.15. The predicted octanol–water partition coefficient (Wildman–Crippen LogP) is 1.96. The van der Waals surface area contributed by atoms with Crippen LogP contribution in [0, 0.1) is 0 Å². The number of nitrogens with one attached hydrogen (secondary N) is 1. The van der Waals surface area contributed by atoms with E-state index in [2.05, 4.69) is 4.72 Å². The van der Waals surface area contributed by atoms with Gasteiger partial charge in [0.2, 0.25) is 10.0 Å². The Hall–Kier alpha value is -1.31. The number of carbonyl (C=O) groups is 1. The number of hydrogen-bond donors (Lipinski definition) is 2. The SMILES string of the molecule is O=C(O)/C=C/c1ccc(S(=O)(=O)NC2CCSCC2)cc1. The third kappa shape index (κ3) is 4.87. The molecule has 0 aromatic heterocycles. The van der Waals surface area contributed by atoms with Crippen LogP contribution >= 0.6 is 11.8 Å². The highest BCUT2D eigenvalue weighted by Gasteiger charge is 2.21. The van der Waals surface area contributed by atoms with E-state index in [1.165, 1.54) is 18.2 Å². The molecule has 0 aliphatic carbocycles. The van der Waals surface area contributed by atoms with Crippen molar-refractivity contribution >= 4 is 33.8 Å². The van der Waals surface area contributed by atoms with Crippen molar-refractivity contribution in [3.05, 3.63) is 35.9 Å². The highest BCUT2D eigenvalue weighted by Crippen LogP contribution is 2.19. The summed E-state index contributed by atoms with van der Waals surface area (Å²) in [7, 11) is -3.51. The highest BCUT2D eigenvalue weighted by molar-refractivity contribution is 7.99. The lowest BCUT2D eigenvalue weighted by atomic mass is 10.2. The van der Waals surface area contributed by atoms with Gasteiger partial charge in [0.25, 0.3) is 0 Å². The maximum absolute atomic E-state index is 12.2. The van der Waals surface area contributed by atoms with Crippen LogP contribution in [0.2, 0.25) is 0 Å². The fourth-order valence-electron chi connectivity index (χ4n) is 2.03. The van der Waals surface area contributed by atoms with Crippen molar-refractivity contribution in [1.82, 2.24) is 4.72 Å². The summed E-state index contributed by atoms with van der Waals surface area (Å²) in [5, 5.41) is 8.55. The Morgan fingerprint density at radius 3 is 2.43 bits per heavy atom. The molecule has 7 heteroatoms. The lowest BCUT2D eigenvalue weighted by Crippen LogP contribution is -2.37. The van der Waals surface area contributed by atoms with E-state index >= 15 is 0 Å². The molecule has 2 rings (SSSR count). The Morgan fingerprint density at radius 1 is 1.24 bits per heavy atom. The van der Waals surface area contributed by atoms with Crippen LogP contribution in [0.3, 0.4) is 0 Å². The van der Waals surface area contributed by atoms with E-state index in [0.29, 0.717) is 5.56 Å². The summed E-state index contributed by atoms with van der Waals surface area (Å²) in [4.78, 5) is 10.6. The molecule has 0 atom stereocenters. The van der Waals surface area contributed by atoms with Gasteiger partial charge < -0.3 is 5.11 Å². The molecular weight excluding hydrogens is 310 g/mol. The second-order valence-electron chi connectivity index (χ2n) is 4.75. The summed E-state index contributed by atoms with van der Waals surface area (Å²) >= 11 is 1.84. The van der Waals surface area contributed by atoms with E-state index in [1.807, 2.05) is 11.8 Å². The number of thioether (sulfide) groups is 1. The van der Waals surface area contributed by atoms with Crippen LogP contribution < -0.4 is 4.72 Å². The number of sulfonamides is 1. The van der Waals surface area contributed by atoms with Crippen LogP contribution in [0.25, 0.3) is 6.08 Å². The molecule has 5 nitrogen and oxygen atoms in total. The first-order valence-electron chi connectivity index (χ1n) is 6.58. The van der Waals surface area contributed by atoms with Crippen molar-refractivity contribution < 1.29 is 18.3 Å². The minimum absolute atomic E-state index is 0.00262. The zero-order valence-electron chi connectivity index (χ0n) is 11.4. The fourth-order valence-corrected chi connectivity index (χ4v) is 4.44. The maximum Gasteiger partial charge on any atom is 0.328 e. The smallest absolute Gasteiger partial charge is 0.328 e. The third-order valence-corrected chi connectivity index (χ3v) is 5.74. The zero-order chi connectivity index (χ0) is 15.3. The zero-order valence-corrected chi connectivity index (χ0v) is 13.0. The van der Waals surface area contributed by atoms with E-state index in [9.17, 15) is 13.2 Å². The summed E-state index contributed by atoms with van der Waals surface area (Å²) in [5.41, 5.74) is 0.644. The molecule has 0 unspecified atom stereocenters. The Balaban J connectivity index is 2.07. The topological polar surface area (TPSA) is 83.5 Å². The van der Waals surface area contributed by atoms with Gasteiger partial charge in [-0.25, -0.2) is 17.9 Å². The molecule has 1 heterocycles. The number of hydrogen-bond acceptors (Lipinski definition) is 4. The van der Waals surface area contributed by atoms with Gasteiger partial charge in [0, 0.05) is 12.1 Å². The van der Waals surface area contributed by atoms with Gasteiger partial charge in [-0.15, -0.1) is 0 Å². The van der Waals surface area contributed by atoms with Gasteiger partial charge in [0.15, 0.2) is 0 Å². The van der Waals surface area contributed by atoms with E-state index in [4.69, 9.17) is 5.11 Å². The molecule has 1 saturated heterocycles. The van der Waals surface area contributed by atoms with Gasteiger partial charge in [0.1, 0.15) is 0 Å². The predicted molar refractivity (Wildman–Crippen MR) is 83.8 cm³/mol. The standard InChI is InChI=1S/C14H17NO4S2/c16-14(17)6-3-11-1-4-13(5-2-11)21(18,19)15-12-7-9-20-10-8-12/h1-6,12,15H,7-10H2,(H,16,17)/b6-3+. The van der Waals surface area contributed by atoms with Crippen LogP contribution in [0.4, 0.5) is 0 Å². The van der Waals surface area contributed by atoms with Crippen molar-refractivity contribution in [2.24, 2.45) is 0 Å². The minimum Gasteiger partial charge on any atom is -0.478 e. The van der Waals surface area contributed by atoms with Crippen LogP contribution in [0.1, 0.15) is 18.4 Å². The van der Waals surface area contributed by atoms with Crippen LogP contribution in [0.15, 0.2) is 35.2 Å². The van der Waals surface area contributed by atoms with Crippen molar-refractivity contribution in [2.45, 2.75) is 23.8 Å². The summed E-state index contributed by atoms with van der Waals surface area (Å²) in [6.45, 7) is 0. The molecular formula is C14H17NO4S2. The molecule has 1 fully saturated rings. The quantitative estimate of drug-likeness (QED) is 0.808. The summed E-state index contributed by atoms with van der Waals surface area (Å²) in [5.74, 6) is 0.918. The number of benzene rings is 1. The first-order valence-corrected chi connectivity index (χ1v) is 9.22. The van der Waals surface area contributed by atoms with Crippen molar-refractivity contribution in [1.29, 1.82) is 0 Å². The number of rotatable bonds is 5. The summed E-state index contributed by atoms with van der Waals surface area (Å²) < 4.78 is 27.2. The van der Waals surface area contributed by atoms with E-state index in [1.54, 1.807) is 12.1 Å². The average Bonchev–Trinajstić information content (AvgIpc) is 2.46. The average molecular weight is 327 g/mol. The molecule has 0 bridgehead atoms. The van der Waals surface area contributed by atoms with Crippen molar-refractivity contribution in [3.63, 3.8) is 0 Å². The molecule has 1 aliphatic heterocycles. The van der Waals surface area contributed by atoms with Crippen molar-refractivity contribution in [2.75, 3.05) is 11.5 Å². The lowest BCUT2D eigenvalue weighted by Gasteiger charge is -2.22. The van der Waals surface area contributed by atoms with Gasteiger partial charge in [-0.2, -0.15) is 11.8 Å². The second kappa shape index (κ2) is 7.11. The van der Waals surface area contributed by atoms with E-state index in [-0.39, 0.29) is 10.9 Å². The van der Waals surface area contributed by atoms with E-state index in [0.717, 1.165) is 30.4 Å². The monoisotopic (exact) mass is 327 g/mol. The van der Waals surface area contributed by atoms with Gasteiger partial charge in [-0.05, 0) is 48.1 Å². The molecule has 114 valence electrons. The number of carboxylic acids is 1. The molecule has 1 aromatic carbocycles. The highest BCUT2D eigenvalue weighted by atomic mass is 32.2. The molecule has 21 heavy (non-hydrogen) atoms. The summed E-state index contributed by atoms with van der Waals surface area (Å²) in [6.07, 6.45) is 4.14. The largest absolute Gasteiger partial charge is 0.478 e. The fraction of sp³-hybridized carbons (Fsp3) is 0.357. The second-order valence-corrected chi connectivity index (χ2v) is 7.69. The lowest BCUT2D eigenvalue weighted by molar-refractivity contribution is -0.131. The van der Waals surface area contributed by atoms with Crippen LogP contribution in [-0.4, -0.2) is 37.0 Å². The van der Waals surface area contributed by atoms with E-state index < -0.39 is 16.0 Å². The molecule has 1 aliphatic rings. The molecule has 0 radical (unpaired) electrons. The number of carboxylic acid groups (broad SMARTS) is 1. The van der Waals surface area contributed by atoms with Gasteiger partial charge >= 0.3 is 5.97 Å². The Kier molecular flexibility index (Phi) is 5.44. The van der Waals surface area contributed by atoms with Gasteiger partial charge in [0.05, 0.1) is 4.90 Å². The van der Waals surface area contributed by atoms with Gasteiger partial charge in [-0.3, -0.25) is 0 Å². The Bertz CT molecular complexity index is 617.